The van der Waals surface area contributed by atoms with Crippen LogP contribution in [0.3, 0.4) is 0 Å². The number of pyridine rings is 1. The topological polar surface area (TPSA) is 42.4 Å². The second-order valence-corrected chi connectivity index (χ2v) is 4.50. The Labute approximate surface area is 102 Å². The molecule has 4 heteroatoms. The van der Waals surface area contributed by atoms with Crippen LogP contribution in [0, 0.1) is 0 Å². The number of Topliss-reactive ketones (excluding diaryl/α,β-unsaturated/α-hetero) is 1. The molecule has 2 rings (SSSR count). The summed E-state index contributed by atoms with van der Waals surface area (Å²) in [5.41, 5.74) is 0.618. The van der Waals surface area contributed by atoms with Crippen LogP contribution >= 0.6 is 0 Å². The molecule has 0 aromatic carbocycles. The molecule has 1 saturated carbocycles. The van der Waals surface area contributed by atoms with E-state index in [2.05, 4.69) is 16.9 Å². The maximum absolute atomic E-state index is 11.1. The van der Waals surface area contributed by atoms with Crippen LogP contribution in [0.15, 0.2) is 18.3 Å². The van der Waals surface area contributed by atoms with Crippen molar-refractivity contribution in [1.29, 1.82) is 0 Å². The lowest BCUT2D eigenvalue weighted by molar-refractivity contribution is 0.101. The lowest BCUT2D eigenvalue weighted by atomic mass is 10.2. The number of hydrogen-bond donors (Lipinski definition) is 0. The van der Waals surface area contributed by atoms with Crippen LogP contribution in [0.4, 0.5) is 0 Å². The fourth-order valence-corrected chi connectivity index (χ4v) is 1.67. The second-order valence-electron chi connectivity index (χ2n) is 4.50. The van der Waals surface area contributed by atoms with E-state index in [9.17, 15) is 4.79 Å². The van der Waals surface area contributed by atoms with Gasteiger partial charge in [0.25, 0.3) is 0 Å². The summed E-state index contributed by atoms with van der Waals surface area (Å²) in [5.74, 6) is 0.608. The van der Waals surface area contributed by atoms with Gasteiger partial charge < -0.3 is 9.64 Å². The average Bonchev–Trinajstić information content (AvgIpc) is 3.13. The van der Waals surface area contributed by atoms with E-state index in [-0.39, 0.29) is 5.78 Å². The van der Waals surface area contributed by atoms with Gasteiger partial charge in [0.1, 0.15) is 6.61 Å². The molecule has 4 nitrogen and oxygen atoms in total. The summed E-state index contributed by atoms with van der Waals surface area (Å²) in [6.07, 6.45) is 4.17. The third-order valence-corrected chi connectivity index (χ3v) is 3.01. The van der Waals surface area contributed by atoms with Crippen molar-refractivity contribution < 1.29 is 9.53 Å². The normalized spacial score (nSPS) is 15.0. The van der Waals surface area contributed by atoms with Gasteiger partial charge in [0.15, 0.2) is 5.78 Å². The molecule has 1 fully saturated rings. The van der Waals surface area contributed by atoms with Crippen molar-refractivity contribution in [3.05, 3.63) is 23.9 Å². The minimum atomic E-state index is 0.0255. The third-order valence-electron chi connectivity index (χ3n) is 3.01. The Bertz CT molecular complexity index is 385. The summed E-state index contributed by atoms with van der Waals surface area (Å²) in [7, 11) is 2.12. The fourth-order valence-electron chi connectivity index (χ4n) is 1.67. The van der Waals surface area contributed by atoms with Gasteiger partial charge in [-0.15, -0.1) is 0 Å². The Morgan fingerprint density at radius 3 is 2.82 bits per heavy atom. The number of hydrogen-bond acceptors (Lipinski definition) is 4. The van der Waals surface area contributed by atoms with Crippen LogP contribution < -0.4 is 4.74 Å². The first-order valence-corrected chi connectivity index (χ1v) is 5.97. The van der Waals surface area contributed by atoms with E-state index < -0.39 is 0 Å². The van der Waals surface area contributed by atoms with Gasteiger partial charge >= 0.3 is 0 Å². The maximum atomic E-state index is 11.1. The third kappa shape index (κ3) is 3.53. The van der Waals surface area contributed by atoms with Crippen molar-refractivity contribution in [3.63, 3.8) is 0 Å². The smallest absolute Gasteiger partial charge is 0.213 e. The highest BCUT2D eigenvalue weighted by atomic mass is 16.5. The zero-order chi connectivity index (χ0) is 12.3. The highest BCUT2D eigenvalue weighted by molar-refractivity contribution is 5.93. The second kappa shape index (κ2) is 5.27. The minimum Gasteiger partial charge on any atom is -0.476 e. The van der Waals surface area contributed by atoms with Gasteiger partial charge in [0.05, 0.1) is 0 Å². The van der Waals surface area contributed by atoms with E-state index in [1.54, 1.807) is 18.3 Å². The minimum absolute atomic E-state index is 0.0255. The number of rotatable bonds is 6. The molecule has 1 aromatic rings. The molecule has 1 aliphatic rings. The lowest BCUT2D eigenvalue weighted by Gasteiger charge is -2.15. The molecule has 1 aromatic heterocycles. The maximum Gasteiger partial charge on any atom is 0.213 e. The zero-order valence-corrected chi connectivity index (χ0v) is 10.3. The van der Waals surface area contributed by atoms with Crippen molar-refractivity contribution in [2.75, 3.05) is 20.2 Å². The molecule has 17 heavy (non-hydrogen) atoms. The largest absolute Gasteiger partial charge is 0.476 e. The molecule has 0 aliphatic heterocycles. The summed E-state index contributed by atoms with van der Waals surface area (Å²) in [6, 6.07) is 4.25. The first-order valence-electron chi connectivity index (χ1n) is 5.97. The molecule has 0 saturated heterocycles. The van der Waals surface area contributed by atoms with Crippen molar-refractivity contribution in [3.8, 4) is 5.88 Å². The number of nitrogens with zero attached hydrogens (tertiary/aromatic N) is 2. The summed E-state index contributed by atoms with van der Waals surface area (Å²) in [5, 5.41) is 0. The summed E-state index contributed by atoms with van der Waals surface area (Å²) in [4.78, 5) is 17.5. The average molecular weight is 234 g/mol. The van der Waals surface area contributed by atoms with Crippen molar-refractivity contribution in [2.24, 2.45) is 0 Å². The molecule has 0 amide bonds. The first kappa shape index (κ1) is 12.0. The standard InChI is InChI=1S/C13H18N2O2/c1-10(16)11-3-6-13(14-9-11)17-8-7-15(2)12-4-5-12/h3,6,9,12H,4-5,7-8H2,1-2H3. The Morgan fingerprint density at radius 2 is 2.29 bits per heavy atom. The number of likely N-dealkylation sites (N-methyl/N-ethyl adjacent to an activating group) is 1. The van der Waals surface area contributed by atoms with Crippen LogP contribution in [0.2, 0.25) is 0 Å². The molecule has 92 valence electrons. The Hall–Kier alpha value is -1.42. The number of aromatic nitrogens is 1. The van der Waals surface area contributed by atoms with Gasteiger partial charge in [0, 0.05) is 30.4 Å². The molecule has 0 atom stereocenters. The Kier molecular flexibility index (Phi) is 3.74. The first-order chi connectivity index (χ1) is 8.16. The van der Waals surface area contributed by atoms with Gasteiger partial charge in [-0.1, -0.05) is 0 Å². The molecule has 0 radical (unpaired) electrons. The van der Waals surface area contributed by atoms with Crippen molar-refractivity contribution in [1.82, 2.24) is 9.88 Å². The lowest BCUT2D eigenvalue weighted by Crippen LogP contribution is -2.26. The molecular formula is C13H18N2O2. The predicted molar refractivity (Wildman–Crippen MR) is 65.4 cm³/mol. The molecule has 0 unspecified atom stereocenters. The number of carbonyl (C=O) groups excluding carboxylic acids is 1. The van der Waals surface area contributed by atoms with Gasteiger partial charge in [-0.05, 0) is 32.9 Å². The van der Waals surface area contributed by atoms with E-state index in [4.69, 9.17) is 4.74 Å². The predicted octanol–water partition coefficient (Wildman–Crippen LogP) is 1.76. The van der Waals surface area contributed by atoms with Crippen LogP contribution in [-0.2, 0) is 0 Å². The number of ketones is 1. The van der Waals surface area contributed by atoms with E-state index in [1.165, 1.54) is 19.8 Å². The van der Waals surface area contributed by atoms with Crippen LogP contribution in [0.1, 0.15) is 30.1 Å². The molecule has 0 spiro atoms. The van der Waals surface area contributed by atoms with Crippen molar-refractivity contribution in [2.45, 2.75) is 25.8 Å². The van der Waals surface area contributed by atoms with Crippen LogP contribution in [0.25, 0.3) is 0 Å². The number of carbonyl (C=O) groups is 1. The number of ether oxygens (including phenoxy) is 1. The SMILES string of the molecule is CC(=O)c1ccc(OCCN(C)C2CC2)nc1. The molecule has 0 N–H and O–H groups in total. The summed E-state index contributed by atoms with van der Waals surface area (Å²) >= 11 is 0. The molecule has 1 heterocycles. The van der Waals surface area contributed by atoms with Gasteiger partial charge in [-0.2, -0.15) is 0 Å². The van der Waals surface area contributed by atoms with Gasteiger partial charge in [-0.25, -0.2) is 4.98 Å². The van der Waals surface area contributed by atoms with Crippen molar-refractivity contribution >= 4 is 5.78 Å². The molecule has 0 bridgehead atoms. The Balaban J connectivity index is 1.76. The van der Waals surface area contributed by atoms with E-state index in [0.29, 0.717) is 18.1 Å². The monoisotopic (exact) mass is 234 g/mol. The van der Waals surface area contributed by atoms with E-state index in [1.807, 2.05) is 0 Å². The summed E-state index contributed by atoms with van der Waals surface area (Å²) in [6.45, 7) is 3.09. The van der Waals surface area contributed by atoms with Crippen LogP contribution in [0.5, 0.6) is 5.88 Å². The van der Waals surface area contributed by atoms with Gasteiger partial charge in [-0.3, -0.25) is 4.79 Å². The van der Waals surface area contributed by atoms with Crippen LogP contribution in [-0.4, -0.2) is 41.9 Å². The highest BCUT2D eigenvalue weighted by Gasteiger charge is 2.25. The zero-order valence-electron chi connectivity index (χ0n) is 10.3. The summed E-state index contributed by atoms with van der Waals surface area (Å²) < 4.78 is 5.53. The quantitative estimate of drug-likeness (QED) is 0.703. The van der Waals surface area contributed by atoms with Gasteiger partial charge in [0.2, 0.25) is 5.88 Å². The molecule has 1 aliphatic carbocycles. The fraction of sp³-hybridized carbons (Fsp3) is 0.538. The Morgan fingerprint density at radius 1 is 1.53 bits per heavy atom. The highest BCUT2D eigenvalue weighted by Crippen LogP contribution is 2.24. The van der Waals surface area contributed by atoms with E-state index in [0.717, 1.165) is 12.6 Å². The van der Waals surface area contributed by atoms with E-state index >= 15 is 0 Å². The molecular weight excluding hydrogens is 216 g/mol.